The van der Waals surface area contributed by atoms with Gasteiger partial charge in [-0.2, -0.15) is 4.31 Å². The molecule has 1 aliphatic rings. The lowest BCUT2D eigenvalue weighted by atomic mass is 9.93. The van der Waals surface area contributed by atoms with Crippen molar-refractivity contribution < 1.29 is 8.42 Å². The molecule has 0 atom stereocenters. The zero-order valence-corrected chi connectivity index (χ0v) is 14.5. The lowest BCUT2D eigenvalue weighted by molar-refractivity contribution is 0.220. The number of sulfonamides is 1. The molecule has 0 amide bonds. The highest BCUT2D eigenvalue weighted by molar-refractivity contribution is 9.09. The van der Waals surface area contributed by atoms with Gasteiger partial charge in [0.05, 0.1) is 4.90 Å². The molecule has 20 heavy (non-hydrogen) atoms. The average Bonchev–Trinajstić information content (AvgIpc) is 2.35. The van der Waals surface area contributed by atoms with Crippen LogP contribution in [0, 0.1) is 13.8 Å². The Bertz CT molecular complexity index is 567. The molecule has 0 saturated heterocycles. The molecule has 0 aliphatic heterocycles. The van der Waals surface area contributed by atoms with Gasteiger partial charge in [0.1, 0.15) is 0 Å². The summed E-state index contributed by atoms with van der Waals surface area (Å²) in [5, 5.41) is 0.832. The third-order valence-electron chi connectivity index (χ3n) is 4.08. The van der Waals surface area contributed by atoms with Crippen molar-refractivity contribution in [3.05, 3.63) is 29.3 Å². The Morgan fingerprint density at radius 2 is 1.95 bits per heavy atom. The molecule has 5 heteroatoms. The van der Waals surface area contributed by atoms with Crippen molar-refractivity contribution in [3.63, 3.8) is 0 Å². The van der Waals surface area contributed by atoms with E-state index < -0.39 is 10.0 Å². The van der Waals surface area contributed by atoms with Crippen LogP contribution in [-0.2, 0) is 10.0 Å². The Labute approximate surface area is 130 Å². The van der Waals surface area contributed by atoms with Gasteiger partial charge in [-0.1, -0.05) is 28.4 Å². The van der Waals surface area contributed by atoms with E-state index in [-0.39, 0.29) is 6.04 Å². The maximum absolute atomic E-state index is 12.8. The molecule has 1 aromatic carbocycles. The number of aryl methyl sites for hydroxylation is 2. The molecule has 1 aromatic rings. The van der Waals surface area contributed by atoms with Crippen molar-refractivity contribution in [3.8, 4) is 0 Å². The van der Waals surface area contributed by atoms with Crippen LogP contribution in [0.5, 0.6) is 0 Å². The molecule has 1 fully saturated rings. The number of nitrogens with zero attached hydrogens (tertiary/aromatic N) is 1. The summed E-state index contributed by atoms with van der Waals surface area (Å²) in [6.45, 7) is 4.56. The highest BCUT2D eigenvalue weighted by atomic mass is 79.9. The second-order valence-electron chi connectivity index (χ2n) is 5.49. The third kappa shape index (κ3) is 3.26. The maximum atomic E-state index is 12.8. The Morgan fingerprint density at radius 1 is 1.25 bits per heavy atom. The van der Waals surface area contributed by atoms with E-state index in [2.05, 4.69) is 15.9 Å². The normalized spacial score (nSPS) is 16.4. The first-order valence-corrected chi connectivity index (χ1v) is 9.68. The Balaban J connectivity index is 2.30. The fourth-order valence-corrected chi connectivity index (χ4v) is 4.46. The fraction of sp³-hybridized carbons (Fsp3) is 0.600. The molecule has 0 radical (unpaired) electrons. The van der Waals surface area contributed by atoms with Gasteiger partial charge in [0.2, 0.25) is 10.0 Å². The van der Waals surface area contributed by atoms with Crippen LogP contribution in [0.1, 0.15) is 36.8 Å². The van der Waals surface area contributed by atoms with E-state index in [9.17, 15) is 8.42 Å². The molecule has 0 heterocycles. The summed E-state index contributed by atoms with van der Waals surface area (Å²) in [5.74, 6) is 0. The average molecular weight is 360 g/mol. The van der Waals surface area contributed by atoms with Gasteiger partial charge in [-0.3, -0.25) is 0 Å². The molecule has 1 aliphatic carbocycles. The van der Waals surface area contributed by atoms with E-state index in [1.54, 1.807) is 16.4 Å². The predicted molar refractivity (Wildman–Crippen MR) is 85.9 cm³/mol. The first kappa shape index (κ1) is 16.0. The van der Waals surface area contributed by atoms with Crippen LogP contribution in [0.25, 0.3) is 0 Å². The standard InChI is InChI=1S/C15H22BrNO2S/c1-12-7-8-15(11-13(12)2)20(18,19)17(10-4-9-16)14-5-3-6-14/h7-8,11,14H,3-6,9-10H2,1-2H3. The van der Waals surface area contributed by atoms with Crippen LogP contribution < -0.4 is 0 Å². The van der Waals surface area contributed by atoms with Gasteiger partial charge in [0.25, 0.3) is 0 Å². The van der Waals surface area contributed by atoms with E-state index in [1.807, 2.05) is 19.9 Å². The topological polar surface area (TPSA) is 37.4 Å². The summed E-state index contributed by atoms with van der Waals surface area (Å²) < 4.78 is 27.4. The lowest BCUT2D eigenvalue weighted by Crippen LogP contribution is -2.44. The van der Waals surface area contributed by atoms with Crippen molar-refractivity contribution in [2.75, 3.05) is 11.9 Å². The molecule has 2 rings (SSSR count). The second-order valence-corrected chi connectivity index (χ2v) is 8.17. The first-order chi connectivity index (χ1) is 9.46. The number of hydrogen-bond acceptors (Lipinski definition) is 2. The Kier molecular flexibility index (Phi) is 5.26. The van der Waals surface area contributed by atoms with Crippen molar-refractivity contribution in [1.82, 2.24) is 4.31 Å². The van der Waals surface area contributed by atoms with Crippen LogP contribution in [0.2, 0.25) is 0 Å². The minimum Gasteiger partial charge on any atom is -0.207 e. The summed E-state index contributed by atoms with van der Waals surface area (Å²) in [7, 11) is -3.36. The van der Waals surface area contributed by atoms with Crippen molar-refractivity contribution in [2.45, 2.75) is 50.5 Å². The monoisotopic (exact) mass is 359 g/mol. The van der Waals surface area contributed by atoms with E-state index in [0.29, 0.717) is 11.4 Å². The van der Waals surface area contributed by atoms with Gasteiger partial charge < -0.3 is 0 Å². The maximum Gasteiger partial charge on any atom is 0.243 e. The van der Waals surface area contributed by atoms with Crippen LogP contribution in [0.15, 0.2) is 23.1 Å². The Morgan fingerprint density at radius 3 is 2.45 bits per heavy atom. The number of hydrogen-bond donors (Lipinski definition) is 0. The smallest absolute Gasteiger partial charge is 0.207 e. The number of benzene rings is 1. The summed E-state index contributed by atoms with van der Waals surface area (Å²) in [6.07, 6.45) is 3.97. The van der Waals surface area contributed by atoms with E-state index in [4.69, 9.17) is 0 Å². The number of alkyl halides is 1. The van der Waals surface area contributed by atoms with Crippen LogP contribution in [0.4, 0.5) is 0 Å². The van der Waals surface area contributed by atoms with E-state index in [1.165, 1.54) is 0 Å². The van der Waals surface area contributed by atoms with Crippen LogP contribution >= 0.6 is 15.9 Å². The quantitative estimate of drug-likeness (QED) is 0.727. The number of rotatable bonds is 6. The molecular formula is C15H22BrNO2S. The fourth-order valence-electron chi connectivity index (χ4n) is 2.40. The van der Waals surface area contributed by atoms with Crippen molar-refractivity contribution >= 4 is 26.0 Å². The molecule has 0 unspecified atom stereocenters. The van der Waals surface area contributed by atoms with Gasteiger partial charge in [-0.25, -0.2) is 8.42 Å². The molecular weight excluding hydrogens is 338 g/mol. The first-order valence-electron chi connectivity index (χ1n) is 7.12. The minimum atomic E-state index is -3.36. The molecule has 3 nitrogen and oxygen atoms in total. The molecule has 0 bridgehead atoms. The van der Waals surface area contributed by atoms with Crippen molar-refractivity contribution in [1.29, 1.82) is 0 Å². The largest absolute Gasteiger partial charge is 0.243 e. The highest BCUT2D eigenvalue weighted by Crippen LogP contribution is 2.30. The summed E-state index contributed by atoms with van der Waals surface area (Å²) in [6, 6.07) is 5.62. The van der Waals surface area contributed by atoms with Gasteiger partial charge in [0.15, 0.2) is 0 Å². The second kappa shape index (κ2) is 6.58. The molecule has 0 spiro atoms. The van der Waals surface area contributed by atoms with E-state index >= 15 is 0 Å². The predicted octanol–water partition coefficient (Wildman–Crippen LogP) is 3.63. The summed E-state index contributed by atoms with van der Waals surface area (Å²) in [4.78, 5) is 0.432. The molecule has 1 saturated carbocycles. The Hall–Kier alpha value is -0.390. The molecule has 112 valence electrons. The summed E-state index contributed by atoms with van der Waals surface area (Å²) in [5.41, 5.74) is 2.15. The lowest BCUT2D eigenvalue weighted by Gasteiger charge is -2.36. The highest BCUT2D eigenvalue weighted by Gasteiger charge is 2.34. The zero-order chi connectivity index (χ0) is 14.8. The van der Waals surface area contributed by atoms with Gasteiger partial charge >= 0.3 is 0 Å². The van der Waals surface area contributed by atoms with Crippen LogP contribution in [-0.4, -0.2) is 30.6 Å². The number of halogens is 1. The molecule has 0 aromatic heterocycles. The SMILES string of the molecule is Cc1ccc(S(=O)(=O)N(CCCBr)C2CCC2)cc1C. The minimum absolute atomic E-state index is 0.195. The van der Waals surface area contributed by atoms with Gasteiger partial charge in [0, 0.05) is 17.9 Å². The van der Waals surface area contributed by atoms with Crippen LogP contribution in [0.3, 0.4) is 0 Å². The zero-order valence-electron chi connectivity index (χ0n) is 12.1. The molecule has 0 N–H and O–H groups in total. The third-order valence-corrected chi connectivity index (χ3v) is 6.59. The van der Waals surface area contributed by atoms with Crippen molar-refractivity contribution in [2.24, 2.45) is 0 Å². The van der Waals surface area contributed by atoms with Gasteiger partial charge in [-0.15, -0.1) is 0 Å². The summed E-state index contributed by atoms with van der Waals surface area (Å²) >= 11 is 3.39. The van der Waals surface area contributed by atoms with E-state index in [0.717, 1.165) is 42.1 Å². The van der Waals surface area contributed by atoms with Gasteiger partial charge in [-0.05, 0) is 56.4 Å².